The maximum atomic E-state index is 10.8. The summed E-state index contributed by atoms with van der Waals surface area (Å²) < 4.78 is 0. The summed E-state index contributed by atoms with van der Waals surface area (Å²) in [7, 11) is 0. The number of hydrogen-bond donors (Lipinski definition) is 2. The largest absolute Gasteiger partial charge is 0.479 e. The molecule has 4 nitrogen and oxygen atoms in total. The highest BCUT2D eigenvalue weighted by Crippen LogP contribution is 2.05. The minimum Gasteiger partial charge on any atom is -0.479 e. The Morgan fingerprint density at radius 3 is 2.27 bits per heavy atom. The third-order valence-electron chi connectivity index (χ3n) is 1.26. The van der Waals surface area contributed by atoms with Gasteiger partial charge in [0.1, 0.15) is 0 Å². The number of carbonyl (C=O) groups is 2. The summed E-state index contributed by atoms with van der Waals surface area (Å²) in [4.78, 5) is 21.2. The van der Waals surface area contributed by atoms with E-state index < -0.39 is 23.2 Å². The van der Waals surface area contributed by atoms with Crippen molar-refractivity contribution in [3.8, 4) is 0 Å². The van der Waals surface area contributed by atoms with Crippen LogP contribution in [0, 0.1) is 0 Å². The smallest absolute Gasteiger partial charge is 0.335 e. The molecule has 0 aliphatic carbocycles. The molecule has 0 amide bonds. The van der Waals surface area contributed by atoms with Gasteiger partial charge >= 0.3 is 5.97 Å². The van der Waals surface area contributed by atoms with Crippen LogP contribution in [0.3, 0.4) is 0 Å². The number of aliphatic carboxylic acids is 1. The first-order valence-electron chi connectivity index (χ1n) is 2.74. The normalized spacial score (nSPS) is 15.1. The number of carboxylic acids is 1. The lowest BCUT2D eigenvalue weighted by molar-refractivity contribution is -0.145. The average Bonchev–Trinajstić information content (AvgIpc) is 2.01. The van der Waals surface area contributed by atoms with Crippen LogP contribution in [0.2, 0.25) is 0 Å². The first-order chi connectivity index (χ1) is 4.99. The lowest BCUT2D eigenvalue weighted by atomic mass is 9.97. The molecule has 0 fully saturated rings. The Kier molecular flexibility index (Phi) is 3.22. The van der Waals surface area contributed by atoms with Gasteiger partial charge in [-0.15, -0.1) is 18.2 Å². The van der Waals surface area contributed by atoms with Crippen molar-refractivity contribution >= 4 is 23.4 Å². The second kappa shape index (κ2) is 3.50. The molecular formula is C6H8ClNO3. The second-order valence-corrected chi connectivity index (χ2v) is 2.20. The van der Waals surface area contributed by atoms with Crippen molar-refractivity contribution < 1.29 is 14.7 Å². The molecule has 0 heterocycles. The molecule has 0 spiro atoms. The lowest BCUT2D eigenvalue weighted by Gasteiger charge is -2.16. The number of nitrogens with two attached hydrogens (primary N) is 1. The number of carboxylic acid groups (broad SMARTS) is 1. The Hall–Kier alpha value is -0.870. The highest BCUT2D eigenvalue weighted by molar-refractivity contribution is 6.32. The van der Waals surface area contributed by atoms with Crippen LogP contribution in [-0.4, -0.2) is 28.3 Å². The molecule has 0 aromatic carbocycles. The van der Waals surface area contributed by atoms with Crippen molar-refractivity contribution in [2.24, 2.45) is 5.73 Å². The number of halogens is 1. The number of ketones is 1. The first kappa shape index (κ1) is 10.1. The predicted octanol–water partition coefficient (Wildman–Crippen LogP) is -0.238. The number of carbonyl (C=O) groups excluding carboxylic acids is 1. The van der Waals surface area contributed by atoms with E-state index in [1.165, 1.54) is 0 Å². The molecule has 0 radical (unpaired) electrons. The van der Waals surface area contributed by atoms with Crippen molar-refractivity contribution in [2.45, 2.75) is 5.54 Å². The van der Waals surface area contributed by atoms with Crippen LogP contribution in [0.25, 0.3) is 0 Å². The number of hydrogen-bond acceptors (Lipinski definition) is 3. The van der Waals surface area contributed by atoms with Gasteiger partial charge in [-0.2, -0.15) is 0 Å². The summed E-state index contributed by atoms with van der Waals surface area (Å²) in [6.45, 7) is 3.14. The third kappa shape index (κ3) is 1.78. The Morgan fingerprint density at radius 2 is 2.18 bits per heavy atom. The van der Waals surface area contributed by atoms with Crippen LogP contribution in [-0.2, 0) is 9.59 Å². The Balaban J connectivity index is 4.74. The summed E-state index contributed by atoms with van der Waals surface area (Å²) in [6, 6.07) is 0. The maximum Gasteiger partial charge on any atom is 0.335 e. The van der Waals surface area contributed by atoms with E-state index in [2.05, 4.69) is 6.58 Å². The van der Waals surface area contributed by atoms with Gasteiger partial charge in [-0.1, -0.05) is 6.08 Å². The molecule has 0 aromatic heterocycles. The zero-order valence-corrected chi connectivity index (χ0v) is 6.47. The van der Waals surface area contributed by atoms with E-state index in [9.17, 15) is 9.59 Å². The predicted molar refractivity (Wildman–Crippen MR) is 40.5 cm³/mol. The molecule has 0 saturated heterocycles. The van der Waals surface area contributed by atoms with E-state index >= 15 is 0 Å². The van der Waals surface area contributed by atoms with Crippen molar-refractivity contribution in [3.05, 3.63) is 12.7 Å². The van der Waals surface area contributed by atoms with Crippen LogP contribution in [0.4, 0.5) is 0 Å². The minimum absolute atomic E-state index is 0.436. The Bertz CT molecular complexity index is 204. The van der Waals surface area contributed by atoms with E-state index in [4.69, 9.17) is 22.4 Å². The molecule has 0 saturated carbocycles. The van der Waals surface area contributed by atoms with Gasteiger partial charge in [0.15, 0.2) is 11.3 Å². The molecule has 0 aromatic rings. The number of Topliss-reactive ketones (excluding diaryl/α,β-unsaturated/α-hetero) is 1. The third-order valence-corrected chi connectivity index (χ3v) is 1.50. The maximum absolute atomic E-state index is 10.8. The molecule has 0 aliphatic rings. The van der Waals surface area contributed by atoms with Crippen LogP contribution >= 0.6 is 11.6 Å². The van der Waals surface area contributed by atoms with Gasteiger partial charge in [-0.05, 0) is 0 Å². The fourth-order valence-electron chi connectivity index (χ4n) is 0.431. The van der Waals surface area contributed by atoms with E-state index in [0.29, 0.717) is 0 Å². The van der Waals surface area contributed by atoms with Gasteiger partial charge in [0.2, 0.25) is 0 Å². The molecule has 0 bridgehead atoms. The quantitative estimate of drug-likeness (QED) is 0.353. The number of rotatable bonds is 4. The molecule has 5 heteroatoms. The lowest BCUT2D eigenvalue weighted by Crippen LogP contribution is -2.53. The SMILES string of the molecule is C=CC(N)(C(=O)O)C(=O)CCl. The molecule has 0 aliphatic heterocycles. The van der Waals surface area contributed by atoms with Gasteiger partial charge in [-0.25, -0.2) is 4.79 Å². The van der Waals surface area contributed by atoms with Crippen molar-refractivity contribution in [3.63, 3.8) is 0 Å². The molecule has 1 atom stereocenters. The summed E-state index contributed by atoms with van der Waals surface area (Å²) in [6.07, 6.45) is 0.861. The van der Waals surface area contributed by atoms with Crippen LogP contribution in [0.15, 0.2) is 12.7 Å². The Morgan fingerprint density at radius 1 is 1.73 bits per heavy atom. The van der Waals surface area contributed by atoms with Crippen LogP contribution in [0.5, 0.6) is 0 Å². The van der Waals surface area contributed by atoms with Crippen molar-refractivity contribution in [1.29, 1.82) is 0 Å². The second-order valence-electron chi connectivity index (χ2n) is 1.94. The zero-order chi connectivity index (χ0) is 9.07. The van der Waals surface area contributed by atoms with Gasteiger partial charge in [0.05, 0.1) is 5.88 Å². The van der Waals surface area contributed by atoms with Crippen LogP contribution < -0.4 is 5.73 Å². The fourth-order valence-corrected chi connectivity index (χ4v) is 0.652. The molecule has 0 rings (SSSR count). The van der Waals surface area contributed by atoms with E-state index in [1.54, 1.807) is 0 Å². The molecule has 62 valence electrons. The summed E-state index contributed by atoms with van der Waals surface area (Å²) in [5.41, 5.74) is 3.10. The average molecular weight is 178 g/mol. The molecular weight excluding hydrogens is 170 g/mol. The zero-order valence-electron chi connectivity index (χ0n) is 5.71. The number of alkyl halides is 1. The van der Waals surface area contributed by atoms with Gasteiger partial charge in [0.25, 0.3) is 0 Å². The van der Waals surface area contributed by atoms with Gasteiger partial charge in [-0.3, -0.25) is 4.79 Å². The molecule has 3 N–H and O–H groups in total. The van der Waals surface area contributed by atoms with E-state index in [1.807, 2.05) is 0 Å². The van der Waals surface area contributed by atoms with Gasteiger partial charge in [0, 0.05) is 0 Å². The summed E-state index contributed by atoms with van der Waals surface area (Å²) in [5.74, 6) is -2.66. The minimum atomic E-state index is -2.04. The first-order valence-corrected chi connectivity index (χ1v) is 3.27. The Labute approximate surface area is 68.6 Å². The fraction of sp³-hybridized carbons (Fsp3) is 0.333. The summed E-state index contributed by atoms with van der Waals surface area (Å²) >= 11 is 5.12. The van der Waals surface area contributed by atoms with Gasteiger partial charge < -0.3 is 10.8 Å². The van der Waals surface area contributed by atoms with E-state index in [0.717, 1.165) is 6.08 Å². The standard InChI is InChI=1S/C6H8ClNO3/c1-2-6(8,5(10)11)4(9)3-7/h2H,1,3,8H2,(H,10,11). The molecule has 11 heavy (non-hydrogen) atoms. The monoisotopic (exact) mass is 177 g/mol. The van der Waals surface area contributed by atoms with Crippen molar-refractivity contribution in [1.82, 2.24) is 0 Å². The van der Waals surface area contributed by atoms with E-state index in [-0.39, 0.29) is 0 Å². The highest BCUT2D eigenvalue weighted by atomic mass is 35.5. The van der Waals surface area contributed by atoms with Crippen LogP contribution in [0.1, 0.15) is 0 Å². The topological polar surface area (TPSA) is 80.4 Å². The van der Waals surface area contributed by atoms with Crippen molar-refractivity contribution in [2.75, 3.05) is 5.88 Å². The summed E-state index contributed by atoms with van der Waals surface area (Å²) in [5, 5.41) is 8.46. The highest BCUT2D eigenvalue weighted by Gasteiger charge is 2.37. The molecule has 1 unspecified atom stereocenters.